The predicted molar refractivity (Wildman–Crippen MR) is 85.5 cm³/mol. The van der Waals surface area contributed by atoms with Gasteiger partial charge in [-0.3, -0.25) is 4.79 Å². The van der Waals surface area contributed by atoms with Gasteiger partial charge in [0.2, 0.25) is 0 Å². The lowest BCUT2D eigenvalue weighted by Crippen LogP contribution is -2.48. The summed E-state index contributed by atoms with van der Waals surface area (Å²) in [5.41, 5.74) is 6.27. The van der Waals surface area contributed by atoms with Crippen molar-refractivity contribution in [1.82, 2.24) is 5.32 Å². The number of rotatable bonds is 4. The van der Waals surface area contributed by atoms with Crippen LogP contribution in [-0.2, 0) is 4.74 Å². The zero-order valence-electron chi connectivity index (χ0n) is 13.0. The van der Waals surface area contributed by atoms with Crippen LogP contribution in [0.3, 0.4) is 0 Å². The fourth-order valence-corrected chi connectivity index (χ4v) is 3.55. The first-order valence-electron chi connectivity index (χ1n) is 7.03. The molecule has 0 bridgehead atoms. The van der Waals surface area contributed by atoms with Crippen LogP contribution in [0.5, 0.6) is 5.75 Å². The van der Waals surface area contributed by atoms with Crippen molar-refractivity contribution in [1.29, 1.82) is 0 Å². The molecule has 0 saturated carbocycles. The van der Waals surface area contributed by atoms with Gasteiger partial charge in [-0.25, -0.2) is 0 Å². The Bertz CT molecular complexity index is 528. The summed E-state index contributed by atoms with van der Waals surface area (Å²) in [5.74, 6) is 0.427. The first kappa shape index (κ1) is 15.9. The van der Waals surface area contributed by atoms with Crippen LogP contribution in [0.15, 0.2) is 0 Å². The third kappa shape index (κ3) is 3.24. The maximum Gasteiger partial charge on any atom is 0.263 e. The number of amides is 1. The van der Waals surface area contributed by atoms with Gasteiger partial charge in [-0.05, 0) is 20.8 Å². The minimum atomic E-state index is -0.228. The van der Waals surface area contributed by atoms with Crippen molar-refractivity contribution in [3.8, 4) is 5.75 Å². The highest BCUT2D eigenvalue weighted by molar-refractivity contribution is 7.19. The first-order chi connectivity index (χ1) is 9.89. The Kier molecular flexibility index (Phi) is 4.63. The summed E-state index contributed by atoms with van der Waals surface area (Å²) in [6, 6.07) is 0. The van der Waals surface area contributed by atoms with Crippen LogP contribution < -0.4 is 20.7 Å². The Morgan fingerprint density at radius 2 is 2.29 bits per heavy atom. The van der Waals surface area contributed by atoms with Crippen LogP contribution in [-0.4, -0.2) is 44.9 Å². The maximum absolute atomic E-state index is 12.1. The Morgan fingerprint density at radius 3 is 2.86 bits per heavy atom. The van der Waals surface area contributed by atoms with E-state index in [9.17, 15) is 4.79 Å². The average molecular weight is 313 g/mol. The smallest absolute Gasteiger partial charge is 0.263 e. The lowest BCUT2D eigenvalue weighted by molar-refractivity contribution is -0.0275. The number of anilines is 2. The molecule has 1 saturated heterocycles. The van der Waals surface area contributed by atoms with Crippen LogP contribution in [0, 0.1) is 0 Å². The molecule has 0 atom stereocenters. The second-order valence-electron chi connectivity index (χ2n) is 5.57. The third-order valence-corrected chi connectivity index (χ3v) is 4.59. The van der Waals surface area contributed by atoms with Gasteiger partial charge in [0.05, 0.1) is 19.3 Å². The van der Waals surface area contributed by atoms with Crippen molar-refractivity contribution >= 4 is 27.9 Å². The number of thiophene rings is 1. The molecule has 118 valence electrons. The van der Waals surface area contributed by atoms with E-state index < -0.39 is 0 Å². The van der Waals surface area contributed by atoms with Gasteiger partial charge < -0.3 is 25.4 Å². The van der Waals surface area contributed by atoms with E-state index in [-0.39, 0.29) is 11.5 Å². The highest BCUT2D eigenvalue weighted by Gasteiger charge is 2.32. The summed E-state index contributed by atoms with van der Waals surface area (Å²) >= 11 is 1.37. The van der Waals surface area contributed by atoms with E-state index in [1.807, 2.05) is 20.8 Å². The molecule has 1 aliphatic rings. The van der Waals surface area contributed by atoms with E-state index in [0.29, 0.717) is 29.5 Å². The van der Waals surface area contributed by atoms with Crippen molar-refractivity contribution in [2.75, 3.05) is 44.0 Å². The number of nitrogens with one attached hydrogen (secondary N) is 1. The Hall–Kier alpha value is -1.47. The van der Waals surface area contributed by atoms with Crippen LogP contribution >= 0.6 is 11.3 Å². The molecule has 0 spiro atoms. The van der Waals surface area contributed by atoms with Gasteiger partial charge in [0, 0.05) is 19.6 Å². The molecular formula is C14H23N3O3S. The number of hydrogen-bond acceptors (Lipinski definition) is 6. The van der Waals surface area contributed by atoms with Crippen LogP contribution in [0.2, 0.25) is 0 Å². The number of ether oxygens (including phenoxy) is 2. The normalized spacial score (nSPS) is 17.6. The number of methoxy groups -OCH3 is 1. The van der Waals surface area contributed by atoms with E-state index in [2.05, 4.69) is 10.2 Å². The highest BCUT2D eigenvalue weighted by atomic mass is 32.1. The standard InChI is InChI=1S/C14H23N3O3S/c1-5-16-12(18)11-9(15)10(19-4)13(21-11)17-6-7-20-14(2,3)8-17/h5-8,15H2,1-4H3,(H,16,18). The van der Waals surface area contributed by atoms with Crippen molar-refractivity contribution < 1.29 is 14.3 Å². The largest absolute Gasteiger partial charge is 0.492 e. The van der Waals surface area contributed by atoms with Crippen molar-refractivity contribution in [2.24, 2.45) is 0 Å². The SMILES string of the molecule is CCNC(=O)c1sc(N2CCOC(C)(C)C2)c(OC)c1N. The molecule has 2 heterocycles. The molecule has 2 rings (SSSR count). The summed E-state index contributed by atoms with van der Waals surface area (Å²) in [6.45, 7) is 8.68. The van der Waals surface area contributed by atoms with Gasteiger partial charge in [0.25, 0.3) is 5.91 Å². The van der Waals surface area contributed by atoms with Crippen LogP contribution in [0.4, 0.5) is 10.7 Å². The summed E-state index contributed by atoms with van der Waals surface area (Å²) in [7, 11) is 1.58. The zero-order valence-corrected chi connectivity index (χ0v) is 13.8. The first-order valence-corrected chi connectivity index (χ1v) is 7.84. The molecule has 1 fully saturated rings. The number of carbonyl (C=O) groups is 1. The monoisotopic (exact) mass is 313 g/mol. The van der Waals surface area contributed by atoms with E-state index in [1.165, 1.54) is 11.3 Å². The average Bonchev–Trinajstić information content (AvgIpc) is 2.75. The van der Waals surface area contributed by atoms with E-state index in [1.54, 1.807) is 7.11 Å². The molecule has 1 aromatic rings. The van der Waals surface area contributed by atoms with Gasteiger partial charge in [0.15, 0.2) is 5.75 Å². The van der Waals surface area contributed by atoms with Crippen molar-refractivity contribution in [3.63, 3.8) is 0 Å². The fourth-order valence-electron chi connectivity index (χ4n) is 2.42. The lowest BCUT2D eigenvalue weighted by Gasteiger charge is -2.38. The van der Waals surface area contributed by atoms with E-state index in [0.717, 1.165) is 18.1 Å². The number of morpholine rings is 1. The Morgan fingerprint density at radius 1 is 1.57 bits per heavy atom. The molecule has 1 amide bonds. The van der Waals surface area contributed by atoms with Gasteiger partial charge in [-0.15, -0.1) is 11.3 Å². The topological polar surface area (TPSA) is 76.8 Å². The molecule has 0 aliphatic carbocycles. The van der Waals surface area contributed by atoms with E-state index >= 15 is 0 Å². The molecule has 7 heteroatoms. The fraction of sp³-hybridized carbons (Fsp3) is 0.643. The number of nitrogens with two attached hydrogens (primary N) is 1. The van der Waals surface area contributed by atoms with Crippen molar-refractivity contribution in [2.45, 2.75) is 26.4 Å². The predicted octanol–water partition coefficient (Wildman–Crippen LogP) is 1.70. The number of hydrogen-bond donors (Lipinski definition) is 2. The van der Waals surface area contributed by atoms with Crippen molar-refractivity contribution in [3.05, 3.63) is 4.88 Å². The van der Waals surface area contributed by atoms with Gasteiger partial charge in [-0.1, -0.05) is 0 Å². The van der Waals surface area contributed by atoms with Crippen LogP contribution in [0.1, 0.15) is 30.4 Å². The van der Waals surface area contributed by atoms with Crippen LogP contribution in [0.25, 0.3) is 0 Å². The molecule has 3 N–H and O–H groups in total. The number of nitrogen functional groups attached to an aromatic ring is 1. The molecular weight excluding hydrogens is 290 g/mol. The minimum absolute atomic E-state index is 0.155. The highest BCUT2D eigenvalue weighted by Crippen LogP contribution is 2.45. The molecule has 0 unspecified atom stereocenters. The summed E-state index contributed by atoms with van der Waals surface area (Å²) < 4.78 is 11.2. The number of nitrogens with zero attached hydrogens (tertiary/aromatic N) is 1. The number of carbonyl (C=O) groups excluding carboxylic acids is 1. The molecule has 1 aliphatic heterocycles. The van der Waals surface area contributed by atoms with Gasteiger partial charge in [0.1, 0.15) is 15.6 Å². The molecule has 0 radical (unpaired) electrons. The Balaban J connectivity index is 2.35. The second-order valence-corrected chi connectivity index (χ2v) is 6.57. The molecule has 21 heavy (non-hydrogen) atoms. The summed E-state index contributed by atoms with van der Waals surface area (Å²) in [6.07, 6.45) is 0. The summed E-state index contributed by atoms with van der Waals surface area (Å²) in [4.78, 5) is 14.8. The Labute approximate surface area is 129 Å². The zero-order chi connectivity index (χ0) is 15.6. The molecule has 1 aromatic heterocycles. The van der Waals surface area contributed by atoms with E-state index in [4.69, 9.17) is 15.2 Å². The second kappa shape index (κ2) is 6.11. The third-order valence-electron chi connectivity index (χ3n) is 3.34. The quantitative estimate of drug-likeness (QED) is 0.885. The summed E-state index contributed by atoms with van der Waals surface area (Å²) in [5, 5.41) is 3.68. The minimum Gasteiger partial charge on any atom is -0.492 e. The van der Waals surface area contributed by atoms with Gasteiger partial charge >= 0.3 is 0 Å². The lowest BCUT2D eigenvalue weighted by atomic mass is 10.1. The molecule has 6 nitrogen and oxygen atoms in total. The maximum atomic E-state index is 12.1. The molecule has 0 aromatic carbocycles. The van der Waals surface area contributed by atoms with Gasteiger partial charge in [-0.2, -0.15) is 0 Å².